The highest BCUT2D eigenvalue weighted by Crippen LogP contribution is 2.28. The minimum atomic E-state index is -3.83. The normalized spacial score (nSPS) is 21.3. The van der Waals surface area contributed by atoms with Gasteiger partial charge in [-0.2, -0.15) is 4.31 Å². The van der Waals surface area contributed by atoms with E-state index in [0.29, 0.717) is 0 Å². The largest absolute Gasteiger partial charge is 0.446 e. The van der Waals surface area contributed by atoms with Gasteiger partial charge in [0.25, 0.3) is 10.0 Å². The number of nitrogens with zero attached hydrogens (tertiary/aromatic N) is 1. The van der Waals surface area contributed by atoms with Crippen LogP contribution in [0.25, 0.3) is 0 Å². The molecule has 1 amide bonds. The number of ether oxygens (including phenoxy) is 1. The maximum absolute atomic E-state index is 12.5. The molecule has 2 atom stereocenters. The Labute approximate surface area is 113 Å². The van der Waals surface area contributed by atoms with E-state index in [1.807, 2.05) is 13.8 Å². The van der Waals surface area contributed by atoms with Gasteiger partial charge in [-0.15, -0.1) is 0 Å². The van der Waals surface area contributed by atoms with Crippen LogP contribution in [0.1, 0.15) is 20.3 Å². The van der Waals surface area contributed by atoms with Crippen molar-refractivity contribution in [3.05, 3.63) is 30.3 Å². The van der Waals surface area contributed by atoms with Crippen LogP contribution >= 0.6 is 0 Å². The zero-order valence-corrected chi connectivity index (χ0v) is 11.8. The lowest BCUT2D eigenvalue weighted by Gasteiger charge is -2.25. The van der Waals surface area contributed by atoms with E-state index in [2.05, 4.69) is 0 Å². The van der Waals surface area contributed by atoms with Gasteiger partial charge in [0.05, 0.1) is 10.9 Å². The molecule has 1 heterocycles. The summed E-state index contributed by atoms with van der Waals surface area (Å²) in [5.41, 5.74) is 0. The van der Waals surface area contributed by atoms with Gasteiger partial charge in [-0.1, -0.05) is 38.5 Å². The van der Waals surface area contributed by atoms with E-state index < -0.39 is 22.2 Å². The van der Waals surface area contributed by atoms with Crippen molar-refractivity contribution in [2.24, 2.45) is 5.92 Å². The first kappa shape index (κ1) is 13.9. The minimum absolute atomic E-state index is 0.0601. The Kier molecular flexibility index (Phi) is 3.80. The van der Waals surface area contributed by atoms with Crippen LogP contribution in [0.2, 0.25) is 0 Å². The van der Waals surface area contributed by atoms with Crippen LogP contribution in [0.4, 0.5) is 4.79 Å². The molecule has 1 aliphatic rings. The standard InChI is InChI=1S/C13H17NO4S/c1-3-10(2)12-9-18-13(15)14(12)19(16,17)11-7-5-4-6-8-11/h4-8,10,12H,3,9H2,1-2H3/t10?,12-/m1/s1. The van der Waals surface area contributed by atoms with Crippen molar-refractivity contribution in [2.75, 3.05) is 6.61 Å². The average molecular weight is 283 g/mol. The number of rotatable bonds is 4. The fraction of sp³-hybridized carbons (Fsp3) is 0.462. The molecule has 0 bridgehead atoms. The predicted octanol–water partition coefficient (Wildman–Crippen LogP) is 2.24. The maximum atomic E-state index is 12.5. The van der Waals surface area contributed by atoms with Crippen LogP contribution < -0.4 is 0 Å². The third kappa shape index (κ3) is 2.45. The minimum Gasteiger partial charge on any atom is -0.446 e. The van der Waals surface area contributed by atoms with Crippen molar-refractivity contribution in [3.8, 4) is 0 Å². The molecule has 0 aliphatic carbocycles. The number of carbonyl (C=O) groups is 1. The van der Waals surface area contributed by atoms with Crippen LogP contribution in [0.3, 0.4) is 0 Å². The summed E-state index contributed by atoms with van der Waals surface area (Å²) in [7, 11) is -3.83. The molecule has 6 heteroatoms. The van der Waals surface area contributed by atoms with E-state index in [1.165, 1.54) is 12.1 Å². The first-order valence-corrected chi connectivity index (χ1v) is 7.68. The number of sulfonamides is 1. The van der Waals surface area contributed by atoms with E-state index in [1.54, 1.807) is 18.2 Å². The quantitative estimate of drug-likeness (QED) is 0.850. The van der Waals surface area contributed by atoms with Gasteiger partial charge in [0.1, 0.15) is 6.61 Å². The highest BCUT2D eigenvalue weighted by atomic mass is 32.2. The number of carbonyl (C=O) groups excluding carboxylic acids is 1. The Balaban J connectivity index is 2.40. The summed E-state index contributed by atoms with van der Waals surface area (Å²) in [6, 6.07) is 7.53. The lowest BCUT2D eigenvalue weighted by atomic mass is 10.0. The Bertz CT molecular complexity index is 555. The molecule has 0 saturated carbocycles. The molecule has 0 N–H and O–H groups in total. The van der Waals surface area contributed by atoms with E-state index in [9.17, 15) is 13.2 Å². The van der Waals surface area contributed by atoms with Gasteiger partial charge >= 0.3 is 6.09 Å². The Hall–Kier alpha value is -1.56. The topological polar surface area (TPSA) is 63.7 Å². The average Bonchev–Trinajstić information content (AvgIpc) is 2.81. The zero-order valence-electron chi connectivity index (χ0n) is 10.9. The van der Waals surface area contributed by atoms with E-state index in [-0.39, 0.29) is 17.4 Å². The summed E-state index contributed by atoms with van der Waals surface area (Å²) >= 11 is 0. The second-order valence-corrected chi connectivity index (χ2v) is 6.46. The summed E-state index contributed by atoms with van der Waals surface area (Å²) in [5.74, 6) is 0.0601. The zero-order chi connectivity index (χ0) is 14.0. The molecular weight excluding hydrogens is 266 g/mol. The summed E-state index contributed by atoms with van der Waals surface area (Å²) in [6.45, 7) is 4.00. The molecule has 1 aromatic carbocycles. The Morgan fingerprint density at radius 2 is 2.00 bits per heavy atom. The first-order valence-electron chi connectivity index (χ1n) is 6.24. The first-order chi connectivity index (χ1) is 8.98. The Morgan fingerprint density at radius 1 is 1.37 bits per heavy atom. The number of hydrogen-bond donors (Lipinski definition) is 0. The maximum Gasteiger partial charge on any atom is 0.424 e. The molecule has 5 nitrogen and oxygen atoms in total. The molecule has 0 spiro atoms. The van der Waals surface area contributed by atoms with Crippen LogP contribution in [-0.2, 0) is 14.8 Å². The molecule has 19 heavy (non-hydrogen) atoms. The van der Waals surface area contributed by atoms with Crippen LogP contribution in [0, 0.1) is 5.92 Å². The van der Waals surface area contributed by atoms with Crippen LogP contribution in [0.5, 0.6) is 0 Å². The van der Waals surface area contributed by atoms with Crippen molar-refractivity contribution < 1.29 is 17.9 Å². The SMILES string of the molecule is CCC(C)[C@H]1COC(=O)N1S(=O)(=O)c1ccccc1. The van der Waals surface area contributed by atoms with E-state index in [0.717, 1.165) is 10.7 Å². The third-order valence-electron chi connectivity index (χ3n) is 3.46. The number of cyclic esters (lactones) is 1. The highest BCUT2D eigenvalue weighted by molar-refractivity contribution is 7.89. The molecule has 1 unspecified atom stereocenters. The molecule has 1 aliphatic heterocycles. The van der Waals surface area contributed by atoms with Crippen molar-refractivity contribution in [3.63, 3.8) is 0 Å². The Morgan fingerprint density at radius 3 is 2.58 bits per heavy atom. The lowest BCUT2D eigenvalue weighted by Crippen LogP contribution is -2.42. The summed E-state index contributed by atoms with van der Waals surface area (Å²) in [6.07, 6.45) is -0.00331. The van der Waals surface area contributed by atoms with Crippen molar-refractivity contribution in [1.29, 1.82) is 0 Å². The molecule has 2 rings (SSSR count). The molecular formula is C13H17NO4S. The van der Waals surface area contributed by atoms with Gasteiger partial charge in [-0.05, 0) is 18.1 Å². The second kappa shape index (κ2) is 5.21. The molecule has 1 fully saturated rings. The molecule has 0 aromatic heterocycles. The van der Waals surface area contributed by atoms with Crippen molar-refractivity contribution >= 4 is 16.1 Å². The summed E-state index contributed by atoms with van der Waals surface area (Å²) in [5, 5.41) is 0. The summed E-state index contributed by atoms with van der Waals surface area (Å²) < 4.78 is 30.8. The van der Waals surface area contributed by atoms with Crippen molar-refractivity contribution in [2.45, 2.75) is 31.2 Å². The smallest absolute Gasteiger partial charge is 0.424 e. The fourth-order valence-corrected chi connectivity index (χ4v) is 3.68. The van der Waals surface area contributed by atoms with Gasteiger partial charge in [0, 0.05) is 0 Å². The third-order valence-corrected chi connectivity index (χ3v) is 5.27. The summed E-state index contributed by atoms with van der Waals surface area (Å²) in [4.78, 5) is 11.9. The number of hydrogen-bond acceptors (Lipinski definition) is 4. The van der Waals surface area contributed by atoms with Gasteiger partial charge in [0.2, 0.25) is 0 Å². The van der Waals surface area contributed by atoms with Gasteiger partial charge in [0.15, 0.2) is 0 Å². The van der Waals surface area contributed by atoms with E-state index >= 15 is 0 Å². The number of amides is 1. The van der Waals surface area contributed by atoms with E-state index in [4.69, 9.17) is 4.74 Å². The molecule has 0 radical (unpaired) electrons. The monoisotopic (exact) mass is 283 g/mol. The highest BCUT2D eigenvalue weighted by Gasteiger charge is 2.44. The number of benzene rings is 1. The van der Waals surface area contributed by atoms with Crippen molar-refractivity contribution in [1.82, 2.24) is 4.31 Å². The second-order valence-electron chi connectivity index (χ2n) is 4.64. The van der Waals surface area contributed by atoms with Gasteiger partial charge in [-0.25, -0.2) is 13.2 Å². The molecule has 1 aromatic rings. The van der Waals surface area contributed by atoms with Crippen LogP contribution in [0.15, 0.2) is 35.2 Å². The lowest BCUT2D eigenvalue weighted by molar-refractivity contribution is 0.169. The fourth-order valence-electron chi connectivity index (χ4n) is 2.07. The van der Waals surface area contributed by atoms with Gasteiger partial charge < -0.3 is 4.74 Å². The van der Waals surface area contributed by atoms with Crippen LogP contribution in [-0.4, -0.2) is 31.5 Å². The molecule has 1 saturated heterocycles. The predicted molar refractivity (Wildman–Crippen MR) is 70.1 cm³/mol. The van der Waals surface area contributed by atoms with Gasteiger partial charge in [-0.3, -0.25) is 0 Å². The molecule has 104 valence electrons.